The van der Waals surface area contributed by atoms with Gasteiger partial charge in [-0.25, -0.2) is 0 Å². The van der Waals surface area contributed by atoms with Crippen molar-refractivity contribution in [2.24, 2.45) is 10.9 Å². The second-order valence-electron chi connectivity index (χ2n) is 6.31. The lowest BCUT2D eigenvalue weighted by atomic mass is 10.1. The van der Waals surface area contributed by atoms with E-state index in [1.807, 2.05) is 13.8 Å². The first-order valence-electron chi connectivity index (χ1n) is 8.38. The fraction of sp³-hybridized carbons (Fsp3) is 0.875. The van der Waals surface area contributed by atoms with Gasteiger partial charge in [-0.15, -0.1) is 24.0 Å². The van der Waals surface area contributed by atoms with Gasteiger partial charge in [0.1, 0.15) is 0 Å². The predicted octanol–water partition coefficient (Wildman–Crippen LogP) is 2.56. The quantitative estimate of drug-likeness (QED) is 0.367. The van der Waals surface area contributed by atoms with Crippen LogP contribution in [0.2, 0.25) is 0 Å². The zero-order chi connectivity index (χ0) is 16.5. The Balaban J connectivity index is 0.00000484. The molecule has 0 aromatic heterocycles. The summed E-state index contributed by atoms with van der Waals surface area (Å²) in [7, 11) is 0. The summed E-state index contributed by atoms with van der Waals surface area (Å²) in [5.74, 6) is 2.84. The topological polar surface area (TPSA) is 56.7 Å². The number of hydrogen-bond donors (Lipinski definition) is 2. The SMILES string of the molecule is CCNC(=NCCC(=O)NC(C)C)N1CCSC(C(C)C)C1.I. The first kappa shape index (κ1) is 22.8. The minimum absolute atomic E-state index is 0. The first-order chi connectivity index (χ1) is 10.4. The maximum atomic E-state index is 11.7. The molecule has 0 spiro atoms. The Bertz CT molecular complexity index is 377. The Hall–Kier alpha value is -0.180. The highest BCUT2D eigenvalue weighted by molar-refractivity contribution is 14.0. The van der Waals surface area contributed by atoms with Crippen LogP contribution < -0.4 is 10.6 Å². The van der Waals surface area contributed by atoms with Gasteiger partial charge in [-0.05, 0) is 26.7 Å². The molecule has 1 atom stereocenters. The third-order valence-electron chi connectivity index (χ3n) is 3.52. The molecule has 0 aliphatic carbocycles. The normalized spacial score (nSPS) is 18.8. The van der Waals surface area contributed by atoms with E-state index in [2.05, 4.69) is 53.1 Å². The van der Waals surface area contributed by atoms with E-state index in [9.17, 15) is 4.79 Å². The van der Waals surface area contributed by atoms with Crippen molar-refractivity contribution in [1.29, 1.82) is 0 Å². The van der Waals surface area contributed by atoms with Crippen LogP contribution in [0.4, 0.5) is 0 Å². The number of aliphatic imine (C=N–C) groups is 1. The summed E-state index contributed by atoms with van der Waals surface area (Å²) in [6, 6.07) is 0.190. The minimum Gasteiger partial charge on any atom is -0.357 e. The zero-order valence-corrected chi connectivity index (χ0v) is 18.2. The molecule has 1 heterocycles. The number of nitrogens with one attached hydrogen (secondary N) is 2. The number of amides is 1. The Kier molecular flexibility index (Phi) is 12.1. The number of halogens is 1. The lowest BCUT2D eigenvalue weighted by Gasteiger charge is -2.36. The van der Waals surface area contributed by atoms with E-state index in [0.717, 1.165) is 31.3 Å². The molecule has 1 fully saturated rings. The molecule has 2 N–H and O–H groups in total. The van der Waals surface area contributed by atoms with Gasteiger partial charge in [0.2, 0.25) is 5.91 Å². The molecule has 7 heteroatoms. The van der Waals surface area contributed by atoms with Crippen LogP contribution in [-0.4, -0.2) is 60.0 Å². The summed E-state index contributed by atoms with van der Waals surface area (Å²) in [6.07, 6.45) is 0.448. The summed E-state index contributed by atoms with van der Waals surface area (Å²) in [6.45, 7) is 14.0. The summed E-state index contributed by atoms with van der Waals surface area (Å²) in [4.78, 5) is 18.7. The predicted molar refractivity (Wildman–Crippen MR) is 112 cm³/mol. The van der Waals surface area contributed by atoms with E-state index >= 15 is 0 Å². The molecule has 1 saturated heterocycles. The molecule has 23 heavy (non-hydrogen) atoms. The van der Waals surface area contributed by atoms with Gasteiger partial charge < -0.3 is 15.5 Å². The summed E-state index contributed by atoms with van der Waals surface area (Å²) in [5.41, 5.74) is 0. The van der Waals surface area contributed by atoms with Gasteiger partial charge >= 0.3 is 0 Å². The van der Waals surface area contributed by atoms with Gasteiger partial charge in [-0.2, -0.15) is 11.8 Å². The van der Waals surface area contributed by atoms with Crippen LogP contribution >= 0.6 is 35.7 Å². The molecule has 1 aliphatic heterocycles. The van der Waals surface area contributed by atoms with E-state index in [4.69, 9.17) is 0 Å². The van der Waals surface area contributed by atoms with Crippen LogP contribution in [0, 0.1) is 5.92 Å². The van der Waals surface area contributed by atoms with E-state index in [-0.39, 0.29) is 35.9 Å². The molecule has 1 amide bonds. The third kappa shape index (κ3) is 9.02. The molecule has 0 bridgehead atoms. The molecular weight excluding hydrogens is 423 g/mol. The maximum Gasteiger partial charge on any atom is 0.222 e. The van der Waals surface area contributed by atoms with Crippen LogP contribution in [0.5, 0.6) is 0 Å². The molecule has 1 aliphatic rings. The molecule has 0 radical (unpaired) electrons. The van der Waals surface area contributed by atoms with E-state index < -0.39 is 0 Å². The zero-order valence-electron chi connectivity index (χ0n) is 15.1. The number of thioether (sulfide) groups is 1. The summed E-state index contributed by atoms with van der Waals surface area (Å²) < 4.78 is 0. The highest BCUT2D eigenvalue weighted by Crippen LogP contribution is 2.24. The van der Waals surface area contributed by atoms with Gasteiger partial charge in [0, 0.05) is 43.1 Å². The van der Waals surface area contributed by atoms with Crippen molar-refractivity contribution in [3.63, 3.8) is 0 Å². The van der Waals surface area contributed by atoms with Crippen LogP contribution in [0.3, 0.4) is 0 Å². The van der Waals surface area contributed by atoms with E-state index in [1.54, 1.807) is 0 Å². The lowest BCUT2D eigenvalue weighted by Crippen LogP contribution is -2.49. The second-order valence-corrected chi connectivity index (χ2v) is 7.65. The fourth-order valence-corrected chi connectivity index (χ4v) is 3.65. The van der Waals surface area contributed by atoms with Crippen molar-refractivity contribution in [1.82, 2.24) is 15.5 Å². The minimum atomic E-state index is 0. The first-order valence-corrected chi connectivity index (χ1v) is 9.43. The Morgan fingerprint density at radius 1 is 1.35 bits per heavy atom. The van der Waals surface area contributed by atoms with Crippen molar-refractivity contribution in [2.45, 2.75) is 52.3 Å². The Labute approximate surface area is 162 Å². The second kappa shape index (κ2) is 12.2. The van der Waals surface area contributed by atoms with Crippen LogP contribution in [0.15, 0.2) is 4.99 Å². The van der Waals surface area contributed by atoms with Gasteiger partial charge in [0.05, 0.1) is 6.54 Å². The molecule has 0 aromatic carbocycles. The number of carbonyl (C=O) groups is 1. The van der Waals surface area contributed by atoms with Crippen molar-refractivity contribution in [2.75, 3.05) is 31.9 Å². The van der Waals surface area contributed by atoms with E-state index in [1.165, 1.54) is 0 Å². The standard InChI is InChI=1S/C16H32N4OS.HI/c1-6-17-16(18-8-7-15(21)19-13(4)5)20-9-10-22-14(11-20)12(2)3;/h12-14H,6-11H2,1-5H3,(H,17,18)(H,19,21);1H. The van der Waals surface area contributed by atoms with Crippen LogP contribution in [0.1, 0.15) is 41.0 Å². The number of carbonyl (C=O) groups excluding carboxylic acids is 1. The third-order valence-corrected chi connectivity index (χ3v) is 5.06. The molecule has 0 aromatic rings. The van der Waals surface area contributed by atoms with Crippen molar-refractivity contribution in [3.05, 3.63) is 0 Å². The van der Waals surface area contributed by atoms with Gasteiger partial charge in [0.15, 0.2) is 5.96 Å². The highest BCUT2D eigenvalue weighted by Gasteiger charge is 2.24. The Morgan fingerprint density at radius 2 is 2.04 bits per heavy atom. The van der Waals surface area contributed by atoms with Gasteiger partial charge in [0.25, 0.3) is 0 Å². The number of hydrogen-bond acceptors (Lipinski definition) is 3. The summed E-state index contributed by atoms with van der Waals surface area (Å²) >= 11 is 2.06. The maximum absolute atomic E-state index is 11.7. The lowest BCUT2D eigenvalue weighted by molar-refractivity contribution is -0.121. The highest BCUT2D eigenvalue weighted by atomic mass is 127. The monoisotopic (exact) mass is 456 g/mol. The van der Waals surface area contributed by atoms with Crippen molar-refractivity contribution < 1.29 is 4.79 Å². The van der Waals surface area contributed by atoms with E-state index in [0.29, 0.717) is 24.1 Å². The summed E-state index contributed by atoms with van der Waals surface area (Å²) in [5, 5.41) is 6.92. The van der Waals surface area contributed by atoms with Gasteiger partial charge in [-0.3, -0.25) is 9.79 Å². The van der Waals surface area contributed by atoms with Crippen LogP contribution in [0.25, 0.3) is 0 Å². The number of guanidine groups is 1. The van der Waals surface area contributed by atoms with Crippen LogP contribution in [-0.2, 0) is 4.79 Å². The van der Waals surface area contributed by atoms with Crippen molar-refractivity contribution in [3.8, 4) is 0 Å². The molecule has 5 nitrogen and oxygen atoms in total. The van der Waals surface area contributed by atoms with Gasteiger partial charge in [-0.1, -0.05) is 13.8 Å². The Morgan fingerprint density at radius 3 is 2.61 bits per heavy atom. The van der Waals surface area contributed by atoms with Crippen molar-refractivity contribution >= 4 is 47.6 Å². The molecule has 1 rings (SSSR count). The number of nitrogens with zero attached hydrogens (tertiary/aromatic N) is 2. The smallest absolute Gasteiger partial charge is 0.222 e. The average molecular weight is 456 g/mol. The largest absolute Gasteiger partial charge is 0.357 e. The molecule has 136 valence electrons. The average Bonchev–Trinajstić information content (AvgIpc) is 2.45. The molecule has 0 saturated carbocycles. The molecular formula is C16H33IN4OS. The number of rotatable bonds is 6. The molecule has 1 unspecified atom stereocenters. The fourth-order valence-electron chi connectivity index (χ4n) is 2.35.